The third-order valence-electron chi connectivity index (χ3n) is 3.37. The molecule has 0 saturated heterocycles. The highest BCUT2D eigenvalue weighted by molar-refractivity contribution is 6.05. The number of hydrogen-bond acceptors (Lipinski definition) is 6. The van der Waals surface area contributed by atoms with E-state index in [9.17, 15) is 24.5 Å². The van der Waals surface area contributed by atoms with Gasteiger partial charge in [-0.25, -0.2) is 0 Å². The molecule has 0 spiro atoms. The van der Waals surface area contributed by atoms with Crippen LogP contribution in [0.5, 0.6) is 0 Å². The summed E-state index contributed by atoms with van der Waals surface area (Å²) in [6.07, 6.45) is 2.54. The number of rotatable bonds is 7. The molecule has 2 rings (SSSR count). The predicted molar refractivity (Wildman–Crippen MR) is 92.5 cm³/mol. The first-order valence-electron chi connectivity index (χ1n) is 7.62. The minimum Gasteiger partial charge on any atom is -0.480 e. The van der Waals surface area contributed by atoms with E-state index < -0.39 is 28.7 Å². The van der Waals surface area contributed by atoms with Crippen LogP contribution in [0.25, 0.3) is 6.08 Å². The summed E-state index contributed by atoms with van der Waals surface area (Å²) in [5, 5.41) is 24.2. The zero-order valence-electron chi connectivity index (χ0n) is 14.0. The molecule has 1 atom stereocenters. The number of carbonyl (C=O) groups excluding carboxylic acids is 2. The van der Waals surface area contributed by atoms with Gasteiger partial charge in [0, 0.05) is 12.1 Å². The number of non-ortho nitro benzene ring substituents is 1. The first-order chi connectivity index (χ1) is 12.8. The number of aliphatic carboxylic acids is 1. The number of nitrogens with zero attached hydrogens (tertiary/aromatic N) is 1. The highest BCUT2D eigenvalue weighted by Crippen LogP contribution is 2.14. The van der Waals surface area contributed by atoms with Gasteiger partial charge < -0.3 is 20.2 Å². The average molecular weight is 373 g/mol. The number of nitrogens with one attached hydrogen (secondary N) is 2. The van der Waals surface area contributed by atoms with E-state index in [1.165, 1.54) is 55.7 Å². The Morgan fingerprint density at radius 1 is 1.22 bits per heavy atom. The van der Waals surface area contributed by atoms with E-state index in [1.54, 1.807) is 0 Å². The third-order valence-corrected chi connectivity index (χ3v) is 3.37. The molecule has 1 heterocycles. The molecule has 10 nitrogen and oxygen atoms in total. The number of hydrogen-bond donors (Lipinski definition) is 3. The van der Waals surface area contributed by atoms with E-state index in [-0.39, 0.29) is 17.1 Å². The molecule has 1 aromatic carbocycles. The first-order valence-corrected chi connectivity index (χ1v) is 7.62. The summed E-state index contributed by atoms with van der Waals surface area (Å²) in [4.78, 5) is 45.5. The topological polar surface area (TPSA) is 152 Å². The highest BCUT2D eigenvalue weighted by atomic mass is 16.6. The molecular formula is C17H15N3O7. The van der Waals surface area contributed by atoms with Crippen LogP contribution in [0.2, 0.25) is 0 Å². The van der Waals surface area contributed by atoms with Crippen molar-refractivity contribution in [3.8, 4) is 0 Å². The fourth-order valence-electron chi connectivity index (χ4n) is 1.95. The predicted octanol–water partition coefficient (Wildman–Crippen LogP) is 1.55. The number of nitro groups is 1. The van der Waals surface area contributed by atoms with Crippen LogP contribution in [0.1, 0.15) is 23.0 Å². The monoisotopic (exact) mass is 373 g/mol. The number of benzene rings is 1. The van der Waals surface area contributed by atoms with Crippen molar-refractivity contribution in [1.29, 1.82) is 0 Å². The molecule has 0 radical (unpaired) electrons. The Kier molecular flexibility index (Phi) is 6.05. The summed E-state index contributed by atoms with van der Waals surface area (Å²) < 4.78 is 4.95. The van der Waals surface area contributed by atoms with E-state index in [2.05, 4.69) is 10.6 Å². The molecule has 0 aliphatic carbocycles. The van der Waals surface area contributed by atoms with Crippen molar-refractivity contribution >= 4 is 29.5 Å². The average Bonchev–Trinajstić information content (AvgIpc) is 3.16. The normalized spacial score (nSPS) is 12.1. The molecule has 140 valence electrons. The molecule has 2 aromatic rings. The van der Waals surface area contributed by atoms with Gasteiger partial charge in [-0.05, 0) is 42.8 Å². The lowest BCUT2D eigenvalue weighted by molar-refractivity contribution is -0.384. The van der Waals surface area contributed by atoms with Gasteiger partial charge in [-0.1, -0.05) is 0 Å². The van der Waals surface area contributed by atoms with E-state index in [1.807, 2.05) is 0 Å². The van der Waals surface area contributed by atoms with Crippen LogP contribution in [0.4, 0.5) is 5.69 Å². The van der Waals surface area contributed by atoms with E-state index in [0.717, 1.165) is 0 Å². The largest absolute Gasteiger partial charge is 0.480 e. The van der Waals surface area contributed by atoms with Gasteiger partial charge in [-0.15, -0.1) is 0 Å². The van der Waals surface area contributed by atoms with Crippen LogP contribution >= 0.6 is 0 Å². The Morgan fingerprint density at radius 3 is 2.41 bits per heavy atom. The number of furan rings is 1. The molecule has 0 unspecified atom stereocenters. The fourth-order valence-corrected chi connectivity index (χ4v) is 1.95. The van der Waals surface area contributed by atoms with E-state index in [0.29, 0.717) is 5.56 Å². The summed E-state index contributed by atoms with van der Waals surface area (Å²) in [6.45, 7) is 1.26. The molecule has 2 amide bonds. The Bertz CT molecular complexity index is 886. The van der Waals surface area contributed by atoms with Gasteiger partial charge in [-0.2, -0.15) is 0 Å². The van der Waals surface area contributed by atoms with Crippen molar-refractivity contribution in [2.45, 2.75) is 13.0 Å². The lowest BCUT2D eigenvalue weighted by Gasteiger charge is -2.13. The van der Waals surface area contributed by atoms with Crippen molar-refractivity contribution in [3.05, 3.63) is 69.8 Å². The molecule has 1 aromatic heterocycles. The van der Waals surface area contributed by atoms with Crippen LogP contribution in [-0.2, 0) is 9.59 Å². The van der Waals surface area contributed by atoms with Crippen molar-refractivity contribution in [1.82, 2.24) is 10.6 Å². The Balaban J connectivity index is 2.29. The maximum Gasteiger partial charge on any atom is 0.325 e. The second-order valence-corrected chi connectivity index (χ2v) is 5.37. The number of nitro benzene ring substituents is 1. The minimum atomic E-state index is -1.25. The van der Waals surface area contributed by atoms with Gasteiger partial charge in [0.1, 0.15) is 11.7 Å². The molecule has 0 aliphatic rings. The lowest BCUT2D eigenvalue weighted by Crippen LogP contribution is -2.42. The van der Waals surface area contributed by atoms with Crippen LogP contribution in [0.15, 0.2) is 52.8 Å². The summed E-state index contributed by atoms with van der Waals surface area (Å²) >= 11 is 0. The van der Waals surface area contributed by atoms with Gasteiger partial charge in [0.15, 0.2) is 5.76 Å². The fraction of sp³-hybridized carbons (Fsp3) is 0.118. The molecule has 0 saturated carbocycles. The van der Waals surface area contributed by atoms with Crippen molar-refractivity contribution in [3.63, 3.8) is 0 Å². The number of amides is 2. The zero-order valence-corrected chi connectivity index (χ0v) is 14.0. The van der Waals surface area contributed by atoms with Crippen molar-refractivity contribution in [2.75, 3.05) is 0 Å². The lowest BCUT2D eigenvalue weighted by atomic mass is 10.1. The Morgan fingerprint density at radius 2 is 1.89 bits per heavy atom. The maximum atomic E-state index is 12.3. The third kappa shape index (κ3) is 5.26. The zero-order chi connectivity index (χ0) is 20.0. The smallest absolute Gasteiger partial charge is 0.325 e. The van der Waals surface area contributed by atoms with Gasteiger partial charge in [0.2, 0.25) is 0 Å². The Hall–Kier alpha value is -3.95. The van der Waals surface area contributed by atoms with Crippen LogP contribution in [-0.4, -0.2) is 33.9 Å². The quantitative estimate of drug-likeness (QED) is 0.378. The molecule has 0 aliphatic heterocycles. The summed E-state index contributed by atoms with van der Waals surface area (Å²) in [7, 11) is 0. The van der Waals surface area contributed by atoms with E-state index >= 15 is 0 Å². The van der Waals surface area contributed by atoms with Crippen LogP contribution in [0.3, 0.4) is 0 Å². The van der Waals surface area contributed by atoms with Gasteiger partial charge in [0.05, 0.1) is 11.2 Å². The van der Waals surface area contributed by atoms with Crippen LogP contribution < -0.4 is 10.6 Å². The summed E-state index contributed by atoms with van der Waals surface area (Å²) in [5.41, 5.74) is -0.0101. The highest BCUT2D eigenvalue weighted by Gasteiger charge is 2.20. The van der Waals surface area contributed by atoms with Gasteiger partial charge >= 0.3 is 5.97 Å². The van der Waals surface area contributed by atoms with Gasteiger partial charge in [0.25, 0.3) is 17.5 Å². The first kappa shape index (κ1) is 19.4. The van der Waals surface area contributed by atoms with Gasteiger partial charge in [-0.3, -0.25) is 24.5 Å². The maximum absolute atomic E-state index is 12.3. The van der Waals surface area contributed by atoms with Crippen molar-refractivity contribution < 1.29 is 28.8 Å². The molecule has 3 N–H and O–H groups in total. The van der Waals surface area contributed by atoms with Crippen LogP contribution in [0, 0.1) is 10.1 Å². The van der Waals surface area contributed by atoms with E-state index in [4.69, 9.17) is 9.52 Å². The molecule has 27 heavy (non-hydrogen) atoms. The molecule has 0 bridgehead atoms. The summed E-state index contributed by atoms with van der Waals surface area (Å²) in [5.74, 6) is -2.87. The van der Waals surface area contributed by atoms with Crippen molar-refractivity contribution in [2.24, 2.45) is 0 Å². The molecule has 0 fully saturated rings. The molecule has 10 heteroatoms. The summed E-state index contributed by atoms with van der Waals surface area (Å²) in [6, 6.07) is 6.90. The SMILES string of the molecule is C[C@@H](NC(=O)/C(=C/c1ccc([N+](=O)[O-])cc1)NC(=O)c1ccco1)C(=O)O. The Labute approximate surface area is 152 Å². The minimum absolute atomic E-state index is 0.0521. The number of carboxylic acids is 1. The molecular weight excluding hydrogens is 358 g/mol. The standard InChI is InChI=1S/C17H15N3O7/c1-10(17(23)24)18-15(21)13(19-16(22)14-3-2-8-27-14)9-11-4-6-12(7-5-11)20(25)26/h2-10H,1H3,(H,18,21)(H,19,22)(H,23,24)/b13-9-/t10-/m1/s1. The number of carboxylic acid groups (broad SMARTS) is 1. The number of carbonyl (C=O) groups is 3. The second kappa shape index (κ2) is 8.43. The second-order valence-electron chi connectivity index (χ2n) is 5.37.